The molecule has 0 aromatic carbocycles. The SMILES string of the molecule is CC(=O)c1ccsc1N1CCOCC1. The number of Topliss-reactive ketones (excluding diaryl/α,β-unsaturated/α-hetero) is 1. The zero-order valence-corrected chi connectivity index (χ0v) is 8.97. The minimum absolute atomic E-state index is 0.146. The second kappa shape index (κ2) is 4.11. The molecule has 2 heterocycles. The van der Waals surface area contributed by atoms with Gasteiger partial charge in [0, 0.05) is 13.1 Å². The molecule has 1 aromatic heterocycles. The van der Waals surface area contributed by atoms with E-state index in [0.29, 0.717) is 0 Å². The Morgan fingerprint density at radius 1 is 1.50 bits per heavy atom. The van der Waals surface area contributed by atoms with Crippen molar-refractivity contribution in [2.45, 2.75) is 6.92 Å². The van der Waals surface area contributed by atoms with E-state index in [2.05, 4.69) is 4.90 Å². The minimum Gasteiger partial charge on any atom is -0.378 e. The molecule has 2 rings (SSSR count). The van der Waals surface area contributed by atoms with Gasteiger partial charge in [-0.2, -0.15) is 0 Å². The number of rotatable bonds is 2. The average Bonchev–Trinajstić information content (AvgIpc) is 2.67. The zero-order valence-electron chi connectivity index (χ0n) is 8.16. The van der Waals surface area contributed by atoms with E-state index in [9.17, 15) is 4.79 Å². The molecule has 1 saturated heterocycles. The summed E-state index contributed by atoms with van der Waals surface area (Å²) < 4.78 is 5.28. The van der Waals surface area contributed by atoms with E-state index in [1.54, 1.807) is 18.3 Å². The number of hydrogen-bond donors (Lipinski definition) is 0. The van der Waals surface area contributed by atoms with E-state index in [-0.39, 0.29) is 5.78 Å². The van der Waals surface area contributed by atoms with Crippen LogP contribution in [0.3, 0.4) is 0 Å². The van der Waals surface area contributed by atoms with Crippen LogP contribution < -0.4 is 4.90 Å². The fourth-order valence-corrected chi connectivity index (χ4v) is 2.58. The lowest BCUT2D eigenvalue weighted by molar-refractivity contribution is 0.101. The largest absolute Gasteiger partial charge is 0.378 e. The Hall–Kier alpha value is -0.870. The molecule has 0 atom stereocenters. The Morgan fingerprint density at radius 3 is 2.86 bits per heavy atom. The molecular weight excluding hydrogens is 198 g/mol. The summed E-state index contributed by atoms with van der Waals surface area (Å²) in [6.45, 7) is 4.91. The topological polar surface area (TPSA) is 29.5 Å². The molecule has 3 nitrogen and oxygen atoms in total. The van der Waals surface area contributed by atoms with Crippen molar-refractivity contribution in [1.82, 2.24) is 0 Å². The van der Waals surface area contributed by atoms with Crippen molar-refractivity contribution in [3.63, 3.8) is 0 Å². The van der Waals surface area contributed by atoms with Crippen LogP contribution in [0.5, 0.6) is 0 Å². The van der Waals surface area contributed by atoms with Gasteiger partial charge in [0.1, 0.15) is 5.00 Å². The summed E-state index contributed by atoms with van der Waals surface area (Å²) in [5, 5.41) is 3.07. The van der Waals surface area contributed by atoms with E-state index in [1.807, 2.05) is 11.4 Å². The van der Waals surface area contributed by atoms with Crippen molar-refractivity contribution in [3.05, 3.63) is 17.0 Å². The first-order chi connectivity index (χ1) is 6.79. The smallest absolute Gasteiger partial charge is 0.162 e. The van der Waals surface area contributed by atoms with Crippen molar-refractivity contribution in [2.24, 2.45) is 0 Å². The summed E-state index contributed by atoms with van der Waals surface area (Å²) in [4.78, 5) is 13.5. The lowest BCUT2D eigenvalue weighted by Crippen LogP contribution is -2.36. The fourth-order valence-electron chi connectivity index (χ4n) is 1.58. The van der Waals surface area contributed by atoms with Gasteiger partial charge in [-0.15, -0.1) is 11.3 Å². The molecule has 1 aliphatic rings. The third kappa shape index (κ3) is 1.81. The molecule has 0 saturated carbocycles. The fraction of sp³-hybridized carbons (Fsp3) is 0.500. The second-order valence-electron chi connectivity index (χ2n) is 3.30. The molecule has 4 heteroatoms. The number of ketones is 1. The number of ether oxygens (including phenoxy) is 1. The molecule has 0 spiro atoms. The van der Waals surface area contributed by atoms with Gasteiger partial charge < -0.3 is 9.64 Å². The minimum atomic E-state index is 0.146. The molecule has 0 amide bonds. The van der Waals surface area contributed by atoms with Gasteiger partial charge in [0.05, 0.1) is 18.8 Å². The predicted octanol–water partition coefficient (Wildman–Crippen LogP) is 1.79. The van der Waals surface area contributed by atoms with Crippen LogP contribution in [0.4, 0.5) is 5.00 Å². The van der Waals surface area contributed by atoms with E-state index in [1.165, 1.54) is 0 Å². The highest BCUT2D eigenvalue weighted by Gasteiger charge is 2.17. The Balaban J connectivity index is 2.21. The van der Waals surface area contributed by atoms with E-state index < -0.39 is 0 Å². The number of nitrogens with zero attached hydrogens (tertiary/aromatic N) is 1. The van der Waals surface area contributed by atoms with Crippen LogP contribution >= 0.6 is 11.3 Å². The predicted molar refractivity (Wildman–Crippen MR) is 57.4 cm³/mol. The number of carbonyl (C=O) groups excluding carboxylic acids is 1. The highest BCUT2D eigenvalue weighted by atomic mass is 32.1. The molecular formula is C10H13NO2S. The Labute approximate surface area is 87.3 Å². The lowest BCUT2D eigenvalue weighted by Gasteiger charge is -2.28. The molecule has 1 aliphatic heterocycles. The quantitative estimate of drug-likeness (QED) is 0.698. The average molecular weight is 211 g/mol. The van der Waals surface area contributed by atoms with Crippen molar-refractivity contribution in [1.29, 1.82) is 0 Å². The molecule has 76 valence electrons. The Morgan fingerprint density at radius 2 is 2.21 bits per heavy atom. The van der Waals surface area contributed by atoms with Crippen LogP contribution in [0, 0.1) is 0 Å². The van der Waals surface area contributed by atoms with Crippen molar-refractivity contribution in [3.8, 4) is 0 Å². The molecule has 0 unspecified atom stereocenters. The van der Waals surface area contributed by atoms with Gasteiger partial charge in [-0.25, -0.2) is 0 Å². The van der Waals surface area contributed by atoms with E-state index >= 15 is 0 Å². The summed E-state index contributed by atoms with van der Waals surface area (Å²) >= 11 is 1.63. The third-order valence-electron chi connectivity index (χ3n) is 2.32. The maximum Gasteiger partial charge on any atom is 0.162 e. The maximum absolute atomic E-state index is 11.3. The molecule has 0 aliphatic carbocycles. The van der Waals surface area contributed by atoms with Gasteiger partial charge in [-0.3, -0.25) is 4.79 Å². The second-order valence-corrected chi connectivity index (χ2v) is 4.19. The van der Waals surface area contributed by atoms with Gasteiger partial charge in [0.15, 0.2) is 5.78 Å². The third-order valence-corrected chi connectivity index (χ3v) is 3.30. The van der Waals surface area contributed by atoms with E-state index in [0.717, 1.165) is 36.9 Å². The molecule has 1 fully saturated rings. The van der Waals surface area contributed by atoms with Crippen LogP contribution in [0.25, 0.3) is 0 Å². The molecule has 0 radical (unpaired) electrons. The van der Waals surface area contributed by atoms with Gasteiger partial charge in [-0.05, 0) is 18.4 Å². The first-order valence-electron chi connectivity index (χ1n) is 4.70. The lowest BCUT2D eigenvalue weighted by atomic mass is 10.2. The molecule has 0 bridgehead atoms. The summed E-state index contributed by atoms with van der Waals surface area (Å²) in [6, 6.07) is 1.90. The van der Waals surface area contributed by atoms with Crippen molar-refractivity contribution < 1.29 is 9.53 Å². The van der Waals surface area contributed by atoms with Gasteiger partial charge in [0.2, 0.25) is 0 Å². The standard InChI is InChI=1S/C10H13NO2S/c1-8(12)9-2-7-14-10(9)11-3-5-13-6-4-11/h2,7H,3-6H2,1H3. The highest BCUT2D eigenvalue weighted by Crippen LogP contribution is 2.28. The van der Waals surface area contributed by atoms with Crippen LogP contribution in [0.15, 0.2) is 11.4 Å². The van der Waals surface area contributed by atoms with E-state index in [4.69, 9.17) is 4.74 Å². The van der Waals surface area contributed by atoms with Crippen LogP contribution in [-0.4, -0.2) is 32.1 Å². The van der Waals surface area contributed by atoms with Crippen LogP contribution in [-0.2, 0) is 4.74 Å². The number of anilines is 1. The van der Waals surface area contributed by atoms with Crippen molar-refractivity contribution in [2.75, 3.05) is 31.2 Å². The van der Waals surface area contributed by atoms with Gasteiger partial charge >= 0.3 is 0 Å². The van der Waals surface area contributed by atoms with Crippen LogP contribution in [0.2, 0.25) is 0 Å². The van der Waals surface area contributed by atoms with Gasteiger partial charge in [0.25, 0.3) is 0 Å². The summed E-state index contributed by atoms with van der Waals surface area (Å²) in [5.41, 5.74) is 0.844. The normalized spacial score (nSPS) is 17.1. The van der Waals surface area contributed by atoms with Crippen molar-refractivity contribution >= 4 is 22.1 Å². The highest BCUT2D eigenvalue weighted by molar-refractivity contribution is 7.14. The summed E-state index contributed by atoms with van der Waals surface area (Å²) in [5.74, 6) is 0.146. The molecule has 0 N–H and O–H groups in total. The number of morpholine rings is 1. The molecule has 1 aromatic rings. The number of hydrogen-bond acceptors (Lipinski definition) is 4. The first-order valence-corrected chi connectivity index (χ1v) is 5.58. The van der Waals surface area contributed by atoms with Crippen LogP contribution in [0.1, 0.15) is 17.3 Å². The van der Waals surface area contributed by atoms with Gasteiger partial charge in [-0.1, -0.05) is 0 Å². The Kier molecular flexibility index (Phi) is 2.84. The zero-order chi connectivity index (χ0) is 9.97. The number of thiophene rings is 1. The maximum atomic E-state index is 11.3. The Bertz CT molecular complexity index is 329. The molecule has 14 heavy (non-hydrogen) atoms. The first kappa shape index (κ1) is 9.68. The monoisotopic (exact) mass is 211 g/mol. The summed E-state index contributed by atoms with van der Waals surface area (Å²) in [7, 11) is 0. The summed E-state index contributed by atoms with van der Waals surface area (Å²) in [6.07, 6.45) is 0. The number of carbonyl (C=O) groups is 1.